The summed E-state index contributed by atoms with van der Waals surface area (Å²) in [5, 5.41) is 11.7. The molecule has 0 aliphatic rings. The predicted octanol–water partition coefficient (Wildman–Crippen LogP) is 2.54. The number of hydrogen-bond donors (Lipinski definition) is 2. The first kappa shape index (κ1) is 14.2. The van der Waals surface area contributed by atoms with Crippen molar-refractivity contribution in [1.82, 2.24) is 5.32 Å². The van der Waals surface area contributed by atoms with Crippen LogP contribution >= 0.6 is 34.2 Å². The monoisotopic (exact) mass is 367 g/mol. The molecule has 92 valence electrons. The fourth-order valence-electron chi connectivity index (χ4n) is 1.22. The Morgan fingerprint density at radius 2 is 2.18 bits per heavy atom. The highest BCUT2D eigenvalue weighted by molar-refractivity contribution is 14.1. The van der Waals surface area contributed by atoms with E-state index in [0.29, 0.717) is 17.0 Å². The van der Waals surface area contributed by atoms with Crippen molar-refractivity contribution in [2.24, 2.45) is 0 Å². The molecule has 0 spiro atoms. The first-order chi connectivity index (χ1) is 7.95. The molecule has 1 amide bonds. The van der Waals surface area contributed by atoms with Crippen LogP contribution in [0.5, 0.6) is 0 Å². The fourth-order valence-corrected chi connectivity index (χ4v) is 1.73. The minimum absolute atomic E-state index is 0.333. The molecule has 0 bridgehead atoms. The maximum atomic E-state index is 11.7. The Morgan fingerprint density at radius 3 is 2.65 bits per heavy atom. The third-order valence-electron chi connectivity index (χ3n) is 2.19. The number of aliphatic carboxylic acids is 1. The molecule has 2 N–H and O–H groups in total. The molecule has 0 fully saturated rings. The molecule has 0 aromatic heterocycles. The van der Waals surface area contributed by atoms with Gasteiger partial charge in [0, 0.05) is 9.13 Å². The summed E-state index contributed by atoms with van der Waals surface area (Å²) in [6, 6.07) is 3.96. The zero-order chi connectivity index (χ0) is 13.0. The number of carboxylic acid groups (broad SMARTS) is 1. The molecule has 1 aromatic rings. The molecule has 0 unspecified atom stereocenters. The Hall–Kier alpha value is -0.820. The zero-order valence-electron chi connectivity index (χ0n) is 9.04. The molecule has 1 rings (SSSR count). The Balaban J connectivity index is 2.82. The lowest BCUT2D eigenvalue weighted by Crippen LogP contribution is -2.40. The first-order valence-electron chi connectivity index (χ1n) is 4.94. The van der Waals surface area contributed by atoms with Gasteiger partial charge in [-0.25, -0.2) is 4.79 Å². The molecule has 4 nitrogen and oxygen atoms in total. The molecule has 0 saturated heterocycles. The number of carbonyl (C=O) groups excluding carboxylic acids is 1. The number of halogens is 2. The number of nitrogens with one attached hydrogen (secondary N) is 1. The van der Waals surface area contributed by atoms with E-state index in [0.717, 1.165) is 3.57 Å². The van der Waals surface area contributed by atoms with Crippen LogP contribution in [0, 0.1) is 3.57 Å². The lowest BCUT2D eigenvalue weighted by molar-refractivity contribution is -0.139. The molecule has 0 radical (unpaired) electrons. The summed E-state index contributed by atoms with van der Waals surface area (Å²) in [6.07, 6.45) is 0.333. The van der Waals surface area contributed by atoms with Crippen LogP contribution in [0.1, 0.15) is 23.7 Å². The lowest BCUT2D eigenvalue weighted by Gasteiger charge is -2.12. The van der Waals surface area contributed by atoms with Gasteiger partial charge in [-0.15, -0.1) is 0 Å². The summed E-state index contributed by atoms with van der Waals surface area (Å²) in [5.41, 5.74) is 0.357. The highest BCUT2D eigenvalue weighted by atomic mass is 127. The van der Waals surface area contributed by atoms with Crippen molar-refractivity contribution in [3.8, 4) is 0 Å². The Morgan fingerprint density at radius 1 is 1.53 bits per heavy atom. The van der Waals surface area contributed by atoms with Gasteiger partial charge >= 0.3 is 5.97 Å². The van der Waals surface area contributed by atoms with E-state index < -0.39 is 17.9 Å². The Kier molecular flexibility index (Phi) is 5.20. The minimum atomic E-state index is -1.04. The lowest BCUT2D eigenvalue weighted by atomic mass is 10.1. The first-order valence-corrected chi connectivity index (χ1v) is 6.40. The van der Waals surface area contributed by atoms with E-state index in [9.17, 15) is 9.59 Å². The van der Waals surface area contributed by atoms with Crippen molar-refractivity contribution >= 4 is 46.1 Å². The number of hydrogen-bond acceptors (Lipinski definition) is 2. The minimum Gasteiger partial charge on any atom is -0.480 e. The normalized spacial score (nSPS) is 11.9. The molecule has 1 atom stereocenters. The van der Waals surface area contributed by atoms with Crippen LogP contribution in [-0.4, -0.2) is 23.0 Å². The van der Waals surface area contributed by atoms with E-state index in [1.165, 1.54) is 6.07 Å². The topological polar surface area (TPSA) is 66.4 Å². The van der Waals surface area contributed by atoms with Gasteiger partial charge in [-0.3, -0.25) is 4.79 Å². The summed E-state index contributed by atoms with van der Waals surface area (Å²) in [5.74, 6) is -1.48. The molecule has 0 saturated carbocycles. The molecule has 17 heavy (non-hydrogen) atoms. The second-order valence-electron chi connectivity index (χ2n) is 3.40. The van der Waals surface area contributed by atoms with Crippen molar-refractivity contribution in [2.75, 3.05) is 0 Å². The second-order valence-corrected chi connectivity index (χ2v) is 4.97. The van der Waals surface area contributed by atoms with Crippen LogP contribution < -0.4 is 5.32 Å². The van der Waals surface area contributed by atoms with Gasteiger partial charge in [0.05, 0.1) is 5.02 Å². The summed E-state index contributed by atoms with van der Waals surface area (Å²) < 4.78 is 0.839. The smallest absolute Gasteiger partial charge is 0.326 e. The molecule has 0 aliphatic heterocycles. The van der Waals surface area contributed by atoms with Crippen molar-refractivity contribution in [3.63, 3.8) is 0 Å². The van der Waals surface area contributed by atoms with Gasteiger partial charge in [-0.1, -0.05) is 18.5 Å². The maximum absolute atomic E-state index is 11.7. The average molecular weight is 368 g/mol. The van der Waals surface area contributed by atoms with Crippen LogP contribution in [0.2, 0.25) is 5.02 Å². The van der Waals surface area contributed by atoms with E-state index in [-0.39, 0.29) is 0 Å². The van der Waals surface area contributed by atoms with Gasteiger partial charge in [-0.05, 0) is 47.2 Å². The van der Waals surface area contributed by atoms with Gasteiger partial charge in [0.25, 0.3) is 5.91 Å². The highest BCUT2D eigenvalue weighted by Gasteiger charge is 2.18. The van der Waals surface area contributed by atoms with Gasteiger partial charge in [-0.2, -0.15) is 0 Å². The Labute approximate surface area is 117 Å². The van der Waals surface area contributed by atoms with Crippen LogP contribution in [-0.2, 0) is 4.79 Å². The van der Waals surface area contributed by atoms with E-state index in [4.69, 9.17) is 16.7 Å². The van der Waals surface area contributed by atoms with Crippen LogP contribution in [0.3, 0.4) is 0 Å². The maximum Gasteiger partial charge on any atom is 0.326 e. The largest absolute Gasteiger partial charge is 0.480 e. The zero-order valence-corrected chi connectivity index (χ0v) is 11.9. The van der Waals surface area contributed by atoms with Crippen molar-refractivity contribution in [1.29, 1.82) is 0 Å². The van der Waals surface area contributed by atoms with E-state index in [1.54, 1.807) is 19.1 Å². The quantitative estimate of drug-likeness (QED) is 0.804. The van der Waals surface area contributed by atoms with E-state index in [2.05, 4.69) is 27.9 Å². The fraction of sp³-hybridized carbons (Fsp3) is 0.273. The summed E-state index contributed by atoms with van der Waals surface area (Å²) >= 11 is 7.94. The van der Waals surface area contributed by atoms with Crippen LogP contribution in [0.4, 0.5) is 0 Å². The summed E-state index contributed by atoms with van der Waals surface area (Å²) in [7, 11) is 0. The standard InChI is InChI=1S/C11H11ClINO3/c1-2-9(11(16)17)14-10(15)6-3-4-8(13)7(12)5-6/h3-5,9H,2H2,1H3,(H,14,15)(H,16,17)/t9-/m1/s1. The number of carbonyl (C=O) groups is 2. The number of carboxylic acids is 1. The average Bonchev–Trinajstić information content (AvgIpc) is 2.28. The number of amides is 1. The summed E-state index contributed by atoms with van der Waals surface area (Å²) in [6.45, 7) is 1.69. The number of benzene rings is 1. The molecule has 1 aromatic carbocycles. The third kappa shape index (κ3) is 3.85. The van der Waals surface area contributed by atoms with Gasteiger partial charge < -0.3 is 10.4 Å². The van der Waals surface area contributed by atoms with Gasteiger partial charge in [0.15, 0.2) is 0 Å². The third-order valence-corrected chi connectivity index (χ3v) is 3.77. The van der Waals surface area contributed by atoms with Gasteiger partial charge in [0.2, 0.25) is 0 Å². The molecular weight excluding hydrogens is 356 g/mol. The highest BCUT2D eigenvalue weighted by Crippen LogP contribution is 2.19. The van der Waals surface area contributed by atoms with Crippen LogP contribution in [0.15, 0.2) is 18.2 Å². The Bertz CT molecular complexity index is 450. The van der Waals surface area contributed by atoms with Crippen LogP contribution in [0.25, 0.3) is 0 Å². The molecular formula is C11H11ClINO3. The van der Waals surface area contributed by atoms with Crippen molar-refractivity contribution < 1.29 is 14.7 Å². The number of rotatable bonds is 4. The molecule has 6 heteroatoms. The predicted molar refractivity (Wildman–Crippen MR) is 73.4 cm³/mol. The van der Waals surface area contributed by atoms with E-state index >= 15 is 0 Å². The van der Waals surface area contributed by atoms with Crippen molar-refractivity contribution in [2.45, 2.75) is 19.4 Å². The summed E-state index contributed by atoms with van der Waals surface area (Å²) in [4.78, 5) is 22.5. The second kappa shape index (κ2) is 6.20. The SMILES string of the molecule is CC[C@@H](NC(=O)c1ccc(I)c(Cl)c1)C(=O)O. The molecule has 0 aliphatic carbocycles. The van der Waals surface area contributed by atoms with E-state index in [1.807, 2.05) is 0 Å². The molecule has 0 heterocycles. The van der Waals surface area contributed by atoms with Gasteiger partial charge in [0.1, 0.15) is 6.04 Å². The van der Waals surface area contributed by atoms with Crippen molar-refractivity contribution in [3.05, 3.63) is 32.4 Å².